The second kappa shape index (κ2) is 3.26. The topological polar surface area (TPSA) is 0 Å². The first-order valence-electron chi connectivity index (χ1n) is 7.35. The van der Waals surface area contributed by atoms with E-state index in [4.69, 9.17) is 0 Å². The average Bonchev–Trinajstić information content (AvgIpc) is 2.60. The normalized spacial score (nSPS) is 33.6. The summed E-state index contributed by atoms with van der Waals surface area (Å²) in [5.41, 5.74) is 7.05. The number of benzene rings is 1. The van der Waals surface area contributed by atoms with Crippen LogP contribution in [0.5, 0.6) is 0 Å². The molecule has 17 heavy (non-hydrogen) atoms. The van der Waals surface area contributed by atoms with Gasteiger partial charge in [0.1, 0.15) is 0 Å². The Balaban J connectivity index is 2.07. The maximum absolute atomic E-state index is 2.68. The fraction of sp³-hybridized carbons (Fsp3) is 0.625. The lowest BCUT2D eigenvalue weighted by molar-refractivity contribution is 0.596. The maximum Gasteiger partial charge on any atom is 0.0850 e. The zero-order valence-electron chi connectivity index (χ0n) is 11.1. The molecular weight excluding hydrogens is 220 g/mol. The highest BCUT2D eigenvalue weighted by Gasteiger charge is 2.46. The Morgan fingerprint density at radius 1 is 1.24 bits per heavy atom. The standard InChI is InChI=1S/C16H22Si/c1-11-9-12-5-3-6-13-10-17(2)8-4-7-14(11)16(17)15(12)13/h9,13H,3-8,10H2,1-2H3. The van der Waals surface area contributed by atoms with Crippen molar-refractivity contribution in [1.82, 2.24) is 0 Å². The minimum atomic E-state index is -1.05. The second-order valence-electron chi connectivity index (χ2n) is 6.83. The van der Waals surface area contributed by atoms with Crippen LogP contribution in [0.4, 0.5) is 0 Å². The summed E-state index contributed by atoms with van der Waals surface area (Å²) in [7, 11) is -1.05. The number of aryl methyl sites for hydroxylation is 2. The minimum absolute atomic E-state index is 0.975. The molecule has 2 unspecified atom stereocenters. The van der Waals surface area contributed by atoms with Gasteiger partial charge >= 0.3 is 0 Å². The predicted octanol–water partition coefficient (Wildman–Crippen LogP) is 3.66. The van der Waals surface area contributed by atoms with Crippen LogP contribution in [-0.4, -0.2) is 8.07 Å². The van der Waals surface area contributed by atoms with Crippen molar-refractivity contribution < 1.29 is 0 Å². The van der Waals surface area contributed by atoms with Crippen molar-refractivity contribution in [1.29, 1.82) is 0 Å². The zero-order chi connectivity index (χ0) is 11.6. The van der Waals surface area contributed by atoms with Gasteiger partial charge in [-0.15, -0.1) is 0 Å². The molecule has 0 aromatic heterocycles. The summed E-state index contributed by atoms with van der Waals surface area (Å²) in [6.07, 6.45) is 7.15. The fourth-order valence-electron chi connectivity index (χ4n) is 5.05. The van der Waals surface area contributed by atoms with Gasteiger partial charge in [-0.25, -0.2) is 0 Å². The van der Waals surface area contributed by atoms with Gasteiger partial charge in [0.15, 0.2) is 0 Å². The molecule has 0 saturated carbocycles. The molecule has 2 heterocycles. The van der Waals surface area contributed by atoms with Gasteiger partial charge < -0.3 is 0 Å². The third kappa shape index (κ3) is 1.24. The van der Waals surface area contributed by atoms with E-state index in [1.54, 1.807) is 28.8 Å². The van der Waals surface area contributed by atoms with Crippen LogP contribution in [0.3, 0.4) is 0 Å². The van der Waals surface area contributed by atoms with E-state index in [9.17, 15) is 0 Å². The van der Waals surface area contributed by atoms with Crippen molar-refractivity contribution in [3.63, 3.8) is 0 Å². The largest absolute Gasteiger partial charge is 0.0850 e. The lowest BCUT2D eigenvalue weighted by Gasteiger charge is -2.32. The van der Waals surface area contributed by atoms with Crippen LogP contribution in [0.2, 0.25) is 18.6 Å². The molecule has 0 spiro atoms. The monoisotopic (exact) mass is 242 g/mol. The van der Waals surface area contributed by atoms with Gasteiger partial charge in [-0.2, -0.15) is 0 Å². The lowest BCUT2D eigenvalue weighted by atomic mass is 9.81. The van der Waals surface area contributed by atoms with Crippen molar-refractivity contribution >= 4 is 13.3 Å². The van der Waals surface area contributed by atoms with E-state index in [0.29, 0.717) is 0 Å². The van der Waals surface area contributed by atoms with Crippen LogP contribution in [0.1, 0.15) is 47.4 Å². The molecule has 1 heteroatoms. The van der Waals surface area contributed by atoms with Crippen molar-refractivity contribution in [3.05, 3.63) is 28.3 Å². The first-order chi connectivity index (χ1) is 8.19. The average molecular weight is 242 g/mol. The van der Waals surface area contributed by atoms with E-state index in [1.165, 1.54) is 32.1 Å². The summed E-state index contributed by atoms with van der Waals surface area (Å²) in [4.78, 5) is 0. The summed E-state index contributed by atoms with van der Waals surface area (Å²) in [5, 5.41) is 1.96. The maximum atomic E-state index is 2.68. The smallest absolute Gasteiger partial charge is 0.0652 e. The van der Waals surface area contributed by atoms with Crippen LogP contribution in [0.25, 0.3) is 0 Å². The highest BCUT2D eigenvalue weighted by Crippen LogP contribution is 2.47. The van der Waals surface area contributed by atoms with Crippen LogP contribution >= 0.6 is 0 Å². The molecule has 0 N–H and O–H groups in total. The Bertz CT molecular complexity index is 503. The van der Waals surface area contributed by atoms with Crippen molar-refractivity contribution in [2.45, 2.75) is 63.6 Å². The second-order valence-corrected chi connectivity index (χ2v) is 11.4. The van der Waals surface area contributed by atoms with Crippen LogP contribution in [-0.2, 0) is 12.8 Å². The summed E-state index contributed by atoms with van der Waals surface area (Å²) >= 11 is 0. The van der Waals surface area contributed by atoms with Gasteiger partial charge in [0.25, 0.3) is 0 Å². The predicted molar refractivity (Wildman–Crippen MR) is 76.0 cm³/mol. The third-order valence-corrected chi connectivity index (χ3v) is 10.3. The van der Waals surface area contributed by atoms with Gasteiger partial charge in [0.05, 0.1) is 8.07 Å². The summed E-state index contributed by atoms with van der Waals surface area (Å²) in [6.45, 7) is 5.05. The molecule has 2 atom stereocenters. The van der Waals surface area contributed by atoms with Gasteiger partial charge in [-0.05, 0) is 66.8 Å². The highest BCUT2D eigenvalue weighted by molar-refractivity contribution is 6.93. The molecule has 0 fully saturated rings. The van der Waals surface area contributed by atoms with E-state index < -0.39 is 8.07 Å². The summed E-state index contributed by atoms with van der Waals surface area (Å²) < 4.78 is 0. The van der Waals surface area contributed by atoms with Gasteiger partial charge in [-0.1, -0.05) is 30.3 Å². The van der Waals surface area contributed by atoms with Crippen LogP contribution in [0.15, 0.2) is 6.07 Å². The number of hydrogen-bond donors (Lipinski definition) is 0. The van der Waals surface area contributed by atoms with Crippen LogP contribution < -0.4 is 5.19 Å². The SMILES string of the molecule is Cc1cc2c3c4c1CCC[Si]4(C)CC3CCC2. The van der Waals surface area contributed by atoms with E-state index in [-0.39, 0.29) is 0 Å². The van der Waals surface area contributed by atoms with Crippen molar-refractivity contribution in [2.24, 2.45) is 0 Å². The molecule has 0 saturated heterocycles. The number of rotatable bonds is 0. The lowest BCUT2D eigenvalue weighted by Crippen LogP contribution is -2.46. The van der Waals surface area contributed by atoms with Gasteiger partial charge in [0.2, 0.25) is 0 Å². The van der Waals surface area contributed by atoms with Crippen LogP contribution in [0, 0.1) is 6.92 Å². The quantitative estimate of drug-likeness (QED) is 0.609. The van der Waals surface area contributed by atoms with Gasteiger partial charge in [-0.3, -0.25) is 0 Å². The Morgan fingerprint density at radius 3 is 3.00 bits per heavy atom. The minimum Gasteiger partial charge on any atom is -0.0652 e. The van der Waals surface area contributed by atoms with E-state index in [0.717, 1.165) is 5.92 Å². The molecule has 90 valence electrons. The zero-order valence-corrected chi connectivity index (χ0v) is 12.1. The molecule has 1 aliphatic carbocycles. The third-order valence-electron chi connectivity index (χ3n) is 5.65. The highest BCUT2D eigenvalue weighted by atomic mass is 28.3. The molecule has 0 amide bonds. The van der Waals surface area contributed by atoms with Crippen molar-refractivity contribution in [2.75, 3.05) is 0 Å². The molecule has 0 radical (unpaired) electrons. The van der Waals surface area contributed by atoms with E-state index >= 15 is 0 Å². The summed E-state index contributed by atoms with van der Waals surface area (Å²) in [5.74, 6) is 0.975. The molecule has 3 aliphatic rings. The molecule has 4 rings (SSSR count). The molecule has 1 aromatic carbocycles. The molecule has 1 aromatic rings. The Kier molecular flexibility index (Phi) is 1.99. The molecule has 0 nitrogen and oxygen atoms in total. The Hall–Kier alpha value is -0.563. The van der Waals surface area contributed by atoms with Crippen molar-refractivity contribution in [3.8, 4) is 0 Å². The van der Waals surface area contributed by atoms with E-state index in [2.05, 4.69) is 19.5 Å². The fourth-order valence-corrected chi connectivity index (χ4v) is 10.2. The van der Waals surface area contributed by atoms with E-state index in [1.807, 2.05) is 10.8 Å². The number of hydrogen-bond acceptors (Lipinski definition) is 0. The molecule has 0 bridgehead atoms. The summed E-state index contributed by atoms with van der Waals surface area (Å²) in [6, 6.07) is 5.71. The first kappa shape index (κ1) is 10.4. The van der Waals surface area contributed by atoms with Gasteiger partial charge in [0, 0.05) is 0 Å². The molecule has 2 aliphatic heterocycles. The first-order valence-corrected chi connectivity index (χ1v) is 10.3. The molecular formula is C16H22Si. The Morgan fingerprint density at radius 2 is 2.12 bits per heavy atom. The Labute approximate surface area is 105 Å².